The maximum atomic E-state index is 12.3. The van der Waals surface area contributed by atoms with Crippen LogP contribution in [0.25, 0.3) is 0 Å². The number of nitrogens with zero attached hydrogens (tertiary/aromatic N) is 1. The van der Waals surface area contributed by atoms with Crippen molar-refractivity contribution in [2.75, 3.05) is 12.5 Å². The second-order valence-electron chi connectivity index (χ2n) is 5.66. The number of rotatable bonds is 6. The summed E-state index contributed by atoms with van der Waals surface area (Å²) in [5.41, 5.74) is -0.708. The van der Waals surface area contributed by atoms with Crippen LogP contribution in [0.2, 0.25) is 0 Å². The summed E-state index contributed by atoms with van der Waals surface area (Å²) in [5, 5.41) is 9.46. The Morgan fingerprint density at radius 3 is 2.62 bits per heavy atom. The van der Waals surface area contributed by atoms with Gasteiger partial charge in [-0.2, -0.15) is 0 Å². The summed E-state index contributed by atoms with van der Waals surface area (Å²) in [7, 11) is 0. The number of carboxylic acid groups (broad SMARTS) is 1. The molecule has 1 fully saturated rings. The summed E-state index contributed by atoms with van der Waals surface area (Å²) in [6, 6.07) is 9.02. The number of carbonyl (C=O) groups excluding carboxylic acids is 1. The number of hydrogen-bond acceptors (Lipinski definition) is 5. The Bertz CT molecular complexity index is 624. The molecule has 0 radical (unpaired) electrons. The first kappa shape index (κ1) is 18.4. The molecule has 8 nitrogen and oxygen atoms in total. The number of aliphatic carboxylic acids is 1. The molecule has 1 aromatic carbocycles. The van der Waals surface area contributed by atoms with Crippen LogP contribution in [-0.2, 0) is 32.0 Å². The van der Waals surface area contributed by atoms with Gasteiger partial charge in [0.1, 0.15) is 18.1 Å². The van der Waals surface area contributed by atoms with Gasteiger partial charge in [0.15, 0.2) is 11.1 Å². The van der Waals surface area contributed by atoms with Gasteiger partial charge < -0.3 is 19.1 Å². The third kappa shape index (κ3) is 4.31. The van der Waals surface area contributed by atoms with E-state index in [9.17, 15) is 18.9 Å². The highest BCUT2D eigenvalue weighted by Gasteiger charge is 2.51. The quantitative estimate of drug-likeness (QED) is 0.741. The van der Waals surface area contributed by atoms with Crippen molar-refractivity contribution in [2.45, 2.75) is 31.6 Å². The lowest BCUT2D eigenvalue weighted by Crippen LogP contribution is -2.50. The molecule has 1 heterocycles. The maximum absolute atomic E-state index is 12.3. The highest BCUT2D eigenvalue weighted by Crippen LogP contribution is 2.32. The lowest BCUT2D eigenvalue weighted by atomic mass is 9.99. The van der Waals surface area contributed by atoms with Gasteiger partial charge in [-0.3, -0.25) is 4.90 Å². The van der Waals surface area contributed by atoms with Crippen LogP contribution in [0.5, 0.6) is 0 Å². The van der Waals surface area contributed by atoms with Gasteiger partial charge in [-0.05, 0) is 12.5 Å². The van der Waals surface area contributed by atoms with Crippen LogP contribution >= 0.6 is 0 Å². The van der Waals surface area contributed by atoms with Gasteiger partial charge in [0, 0.05) is 6.42 Å². The van der Waals surface area contributed by atoms with E-state index in [1.165, 1.54) is 6.92 Å². The lowest BCUT2D eigenvalue weighted by Gasteiger charge is -2.29. The first-order chi connectivity index (χ1) is 11.3. The Balaban J connectivity index is 2.03. The minimum absolute atomic E-state index is 0.0139. The minimum atomic E-state index is -2.15. The predicted octanol–water partition coefficient (Wildman–Crippen LogP) is 1.44. The molecule has 0 aromatic heterocycles. The Labute approximate surface area is 141 Å². The maximum Gasteiger partial charge on any atom is 0.411 e. The van der Waals surface area contributed by atoms with Gasteiger partial charge >= 0.3 is 12.1 Å². The van der Waals surface area contributed by atoms with E-state index in [1.807, 2.05) is 6.07 Å². The molecule has 1 aliphatic heterocycles. The molecule has 3 unspecified atom stereocenters. The van der Waals surface area contributed by atoms with Crippen molar-refractivity contribution in [3.8, 4) is 0 Å². The van der Waals surface area contributed by atoms with Crippen LogP contribution in [0.4, 0.5) is 4.79 Å². The molecule has 2 N–H and O–H groups in total. The molecular weight excluding hydrogens is 338 g/mol. The summed E-state index contributed by atoms with van der Waals surface area (Å²) >= 11 is -2.15. The van der Waals surface area contributed by atoms with Gasteiger partial charge in [0.2, 0.25) is 0 Å². The fraction of sp³-hybridized carbons (Fsp3) is 0.467. The van der Waals surface area contributed by atoms with E-state index in [2.05, 4.69) is 0 Å². The van der Waals surface area contributed by atoms with E-state index in [1.54, 1.807) is 24.3 Å². The number of carboxylic acids is 1. The normalized spacial score (nSPS) is 24.6. The zero-order chi connectivity index (χ0) is 17.7. The van der Waals surface area contributed by atoms with Crippen LogP contribution in [0.1, 0.15) is 18.9 Å². The van der Waals surface area contributed by atoms with Crippen LogP contribution in [-0.4, -0.2) is 55.0 Å². The van der Waals surface area contributed by atoms with Crippen molar-refractivity contribution in [3.63, 3.8) is 0 Å². The standard InChI is InChI=1S/C15H19NO7S/c1-15(13(17)18)7-12(23-10-24(20)21)8-16(15)14(19)22-9-11-5-3-2-4-6-11/h2-6,12H,7-10H2,1H3,(H,17,18)(H,20,21). The monoisotopic (exact) mass is 357 g/mol. The summed E-state index contributed by atoms with van der Waals surface area (Å²) in [4.78, 5) is 25.0. The molecular formula is C15H19NO7S. The molecule has 1 aliphatic rings. The Kier molecular flexibility index (Phi) is 5.92. The third-order valence-electron chi connectivity index (χ3n) is 3.90. The molecule has 24 heavy (non-hydrogen) atoms. The average molecular weight is 357 g/mol. The van der Waals surface area contributed by atoms with Crippen molar-refractivity contribution in [1.82, 2.24) is 4.90 Å². The summed E-state index contributed by atoms with van der Waals surface area (Å²) < 4.78 is 29.8. The minimum Gasteiger partial charge on any atom is -0.480 e. The van der Waals surface area contributed by atoms with E-state index in [0.29, 0.717) is 0 Å². The molecule has 132 valence electrons. The van der Waals surface area contributed by atoms with Gasteiger partial charge in [-0.25, -0.2) is 13.8 Å². The summed E-state index contributed by atoms with van der Waals surface area (Å²) in [6.07, 6.45) is -1.40. The van der Waals surface area contributed by atoms with E-state index < -0.39 is 40.7 Å². The van der Waals surface area contributed by atoms with Gasteiger partial charge in [0.05, 0.1) is 12.6 Å². The Morgan fingerprint density at radius 1 is 1.38 bits per heavy atom. The van der Waals surface area contributed by atoms with Crippen LogP contribution in [0, 0.1) is 0 Å². The van der Waals surface area contributed by atoms with Gasteiger partial charge in [0.25, 0.3) is 0 Å². The zero-order valence-electron chi connectivity index (χ0n) is 13.1. The third-order valence-corrected chi connectivity index (χ3v) is 4.24. The first-order valence-electron chi connectivity index (χ1n) is 7.23. The fourth-order valence-corrected chi connectivity index (χ4v) is 2.87. The molecule has 9 heteroatoms. The molecule has 1 aromatic rings. The number of carbonyl (C=O) groups is 2. The smallest absolute Gasteiger partial charge is 0.411 e. The van der Waals surface area contributed by atoms with E-state index in [4.69, 9.17) is 14.0 Å². The molecule has 3 atom stereocenters. The molecule has 2 rings (SSSR count). The number of ether oxygens (including phenoxy) is 2. The van der Waals surface area contributed by atoms with E-state index >= 15 is 0 Å². The van der Waals surface area contributed by atoms with E-state index in [-0.39, 0.29) is 19.6 Å². The number of benzene rings is 1. The summed E-state index contributed by atoms with van der Waals surface area (Å²) in [6.45, 7) is 1.41. The molecule has 0 spiro atoms. The fourth-order valence-electron chi connectivity index (χ4n) is 2.57. The topological polar surface area (TPSA) is 113 Å². The SMILES string of the molecule is CC1(C(=O)O)CC(OCS(=O)O)CN1C(=O)OCc1ccccc1. The van der Waals surface area contributed by atoms with Crippen LogP contribution in [0.15, 0.2) is 30.3 Å². The number of hydrogen-bond donors (Lipinski definition) is 2. The molecule has 1 amide bonds. The predicted molar refractivity (Wildman–Crippen MR) is 84.5 cm³/mol. The largest absolute Gasteiger partial charge is 0.480 e. The Morgan fingerprint density at radius 2 is 2.04 bits per heavy atom. The highest BCUT2D eigenvalue weighted by molar-refractivity contribution is 7.79. The van der Waals surface area contributed by atoms with Crippen molar-refractivity contribution in [1.29, 1.82) is 0 Å². The highest BCUT2D eigenvalue weighted by atomic mass is 32.2. The second kappa shape index (κ2) is 7.73. The van der Waals surface area contributed by atoms with Crippen molar-refractivity contribution in [2.24, 2.45) is 0 Å². The van der Waals surface area contributed by atoms with Crippen LogP contribution < -0.4 is 0 Å². The molecule has 0 bridgehead atoms. The second-order valence-corrected chi connectivity index (χ2v) is 6.54. The average Bonchev–Trinajstić information content (AvgIpc) is 2.90. The zero-order valence-corrected chi connectivity index (χ0v) is 13.9. The van der Waals surface area contributed by atoms with Crippen molar-refractivity contribution in [3.05, 3.63) is 35.9 Å². The van der Waals surface area contributed by atoms with Crippen molar-refractivity contribution >= 4 is 23.1 Å². The van der Waals surface area contributed by atoms with Gasteiger partial charge in [-0.1, -0.05) is 30.3 Å². The molecule has 1 saturated heterocycles. The first-order valence-corrected chi connectivity index (χ1v) is 8.51. The summed E-state index contributed by atoms with van der Waals surface area (Å²) in [5.74, 6) is -1.62. The molecule has 0 aliphatic carbocycles. The number of likely N-dealkylation sites (tertiary alicyclic amines) is 1. The van der Waals surface area contributed by atoms with Gasteiger partial charge in [-0.15, -0.1) is 0 Å². The molecule has 0 saturated carbocycles. The Hall–Kier alpha value is -1.97. The number of amides is 1. The van der Waals surface area contributed by atoms with Crippen molar-refractivity contribution < 1.29 is 32.9 Å². The lowest BCUT2D eigenvalue weighted by molar-refractivity contribution is -0.148. The van der Waals surface area contributed by atoms with E-state index in [0.717, 1.165) is 10.5 Å². The van der Waals surface area contributed by atoms with Crippen LogP contribution in [0.3, 0.4) is 0 Å².